The van der Waals surface area contributed by atoms with Crippen LogP contribution >= 0.6 is 0 Å². The Morgan fingerprint density at radius 3 is 1.95 bits per heavy atom. The quantitative estimate of drug-likeness (QED) is 0.0637. The van der Waals surface area contributed by atoms with Gasteiger partial charge in [-0.15, -0.1) is 0 Å². The number of rotatable bonds is 14. The predicted molar refractivity (Wildman–Crippen MR) is 299 cm³/mol. The van der Waals surface area contributed by atoms with Crippen LogP contribution in [0.4, 0.5) is 0 Å². The van der Waals surface area contributed by atoms with Crippen molar-refractivity contribution in [3.05, 3.63) is 47.5 Å². The molecule has 30 atom stereocenters. The second-order valence-corrected chi connectivity index (χ2v) is 28.5. The number of carbonyl (C=O) groups is 3. The molecule has 1 aromatic carbocycles. The monoisotopic (exact) mass is 1250 g/mol. The first kappa shape index (κ1) is 67.5. The summed E-state index contributed by atoms with van der Waals surface area (Å²) in [6.07, 6.45) is -32.5. The van der Waals surface area contributed by atoms with E-state index in [-0.39, 0.29) is 23.8 Å². The molecule has 0 amide bonds. The van der Waals surface area contributed by atoms with Crippen molar-refractivity contribution in [2.24, 2.45) is 50.2 Å². The summed E-state index contributed by atoms with van der Waals surface area (Å²) in [5, 5.41) is 143. The van der Waals surface area contributed by atoms with Crippen molar-refractivity contribution < 1.29 is 128 Å². The molecule has 88 heavy (non-hydrogen) atoms. The van der Waals surface area contributed by atoms with Gasteiger partial charge in [0.2, 0.25) is 0 Å². The van der Waals surface area contributed by atoms with E-state index in [2.05, 4.69) is 26.8 Å². The topological polar surface area (TPSA) is 407 Å². The number of benzene rings is 1. The zero-order valence-corrected chi connectivity index (χ0v) is 51.2. The van der Waals surface area contributed by atoms with Crippen LogP contribution in [-0.4, -0.2) is 245 Å². The molecule has 0 unspecified atom stereocenters. The first-order valence-corrected chi connectivity index (χ1v) is 30.8. The largest absolute Gasteiger partial charge is 0.479 e. The molecule has 9 aliphatic rings. The number of hydrogen-bond donors (Lipinski definition) is 13. The highest BCUT2D eigenvalue weighted by atomic mass is 16.8. The highest BCUT2D eigenvalue weighted by Crippen LogP contribution is 2.76. The van der Waals surface area contributed by atoms with Crippen molar-refractivity contribution in [3.8, 4) is 0 Å². The summed E-state index contributed by atoms with van der Waals surface area (Å²) in [6, 6.07) is 8.35. The van der Waals surface area contributed by atoms with Gasteiger partial charge in [0.15, 0.2) is 31.3 Å². The normalized spacial score (nSPS) is 49.8. The van der Waals surface area contributed by atoms with Gasteiger partial charge < -0.3 is 114 Å². The third kappa shape index (κ3) is 11.2. The third-order valence-corrected chi connectivity index (χ3v) is 22.8. The van der Waals surface area contributed by atoms with E-state index in [9.17, 15) is 80.8 Å². The van der Waals surface area contributed by atoms with Crippen molar-refractivity contribution in [2.45, 2.75) is 248 Å². The van der Waals surface area contributed by atoms with Crippen LogP contribution in [0, 0.1) is 50.2 Å². The van der Waals surface area contributed by atoms with Gasteiger partial charge in [-0.25, -0.2) is 9.59 Å². The van der Waals surface area contributed by atoms with Gasteiger partial charge in [-0.1, -0.05) is 78.3 Å². The molecule has 0 spiro atoms. The van der Waals surface area contributed by atoms with Gasteiger partial charge in [0, 0.05) is 12.3 Å². The summed E-state index contributed by atoms with van der Waals surface area (Å²) >= 11 is 0. The summed E-state index contributed by atoms with van der Waals surface area (Å²) < 4.78 is 61.9. The summed E-state index contributed by atoms with van der Waals surface area (Å²) in [7, 11) is 0. The number of aliphatic carboxylic acids is 1. The lowest BCUT2D eigenvalue weighted by Gasteiger charge is -2.72. The van der Waals surface area contributed by atoms with Gasteiger partial charge in [-0.3, -0.25) is 4.79 Å². The molecule has 0 bridgehead atoms. The van der Waals surface area contributed by atoms with Crippen molar-refractivity contribution in [2.75, 3.05) is 19.8 Å². The van der Waals surface area contributed by atoms with Gasteiger partial charge in [0.05, 0.1) is 49.1 Å². The van der Waals surface area contributed by atoms with E-state index in [1.807, 2.05) is 27.7 Å². The minimum atomic E-state index is -2.13. The summed E-state index contributed by atoms with van der Waals surface area (Å²) in [5.74, 6) is -3.85. The third-order valence-electron chi connectivity index (χ3n) is 22.8. The second-order valence-electron chi connectivity index (χ2n) is 28.5. The van der Waals surface area contributed by atoms with E-state index in [1.54, 1.807) is 30.3 Å². The minimum absolute atomic E-state index is 0.0578. The van der Waals surface area contributed by atoms with Crippen LogP contribution in [0.3, 0.4) is 0 Å². The Balaban J connectivity index is 0.984. The van der Waals surface area contributed by atoms with E-state index in [0.29, 0.717) is 38.5 Å². The number of aliphatic hydroxyl groups is 12. The number of carboxylic acid groups (broad SMARTS) is 1. The maximum atomic E-state index is 14.1. The molecule has 1 aromatic rings. The van der Waals surface area contributed by atoms with Crippen LogP contribution in [-0.2, 0) is 57.0 Å². The Labute approximate surface area is 510 Å². The molecule has 26 heteroatoms. The number of allylic oxidation sites excluding steroid dienone is 2. The molecule has 4 heterocycles. The smallest absolute Gasteiger partial charge is 0.338 e. The Kier molecular flexibility index (Phi) is 19.0. The number of hydrogen-bond acceptors (Lipinski definition) is 25. The van der Waals surface area contributed by atoms with Crippen LogP contribution in [0.5, 0.6) is 0 Å². The first-order chi connectivity index (χ1) is 41.2. The lowest BCUT2D eigenvalue weighted by atomic mass is 9.33. The zero-order valence-electron chi connectivity index (χ0n) is 51.2. The van der Waals surface area contributed by atoms with E-state index < -0.39 is 217 Å². The molecule has 496 valence electrons. The molecule has 8 fully saturated rings. The van der Waals surface area contributed by atoms with Crippen LogP contribution in [0.15, 0.2) is 42.0 Å². The molecule has 5 aliphatic carbocycles. The Hall–Kier alpha value is -3.43. The Bertz CT molecular complexity index is 2700. The Morgan fingerprint density at radius 1 is 0.648 bits per heavy atom. The van der Waals surface area contributed by atoms with E-state index >= 15 is 0 Å². The average molecular weight is 1250 g/mol. The maximum absolute atomic E-state index is 14.1. The first-order valence-electron chi connectivity index (χ1n) is 30.8. The minimum Gasteiger partial charge on any atom is -0.479 e. The van der Waals surface area contributed by atoms with Crippen molar-refractivity contribution in [3.63, 3.8) is 0 Å². The molecule has 4 aliphatic heterocycles. The van der Waals surface area contributed by atoms with Crippen molar-refractivity contribution >= 4 is 17.9 Å². The molecule has 0 radical (unpaired) electrons. The summed E-state index contributed by atoms with van der Waals surface area (Å²) in [6.45, 7) is 15.6. The summed E-state index contributed by atoms with van der Waals surface area (Å²) in [4.78, 5) is 40.6. The highest BCUT2D eigenvalue weighted by Gasteiger charge is 2.74. The van der Waals surface area contributed by atoms with E-state index in [0.717, 1.165) is 5.57 Å². The van der Waals surface area contributed by atoms with Crippen molar-refractivity contribution in [1.29, 1.82) is 0 Å². The SMILES string of the molecule is CC(=O)O[C@H]1[C@H](OC(=O)c2ccccc2)C(C)(C)C[C@H]2C3=CC[C@@H]4[C@@]5(C)CC[C@H](O[C@@H]6O[C@H](C(=O)O)[C@@H](O)[C@H](O[C@@H]7OC[C@@H](O)[C@H](O)[C@H]7O)[C@H]6O[C@@H]6O[C@H](CO)[C@H](O)[C@H](O)[C@H]6O)C(C)(C)[C@@H]5CC[C@@]4(C)[C@]3(C)C[C@@H](O)[C@]21CO[C@@H]1O[C@@H](C)[C@H](O)[C@@H](O)[C@H]1O. The van der Waals surface area contributed by atoms with Crippen LogP contribution in [0.2, 0.25) is 0 Å². The zero-order chi connectivity index (χ0) is 64.3. The maximum Gasteiger partial charge on any atom is 0.338 e. The summed E-state index contributed by atoms with van der Waals surface area (Å²) in [5.41, 5.74) is -3.80. The number of fused-ring (bicyclic) bond motifs is 7. The van der Waals surface area contributed by atoms with Gasteiger partial charge in [-0.05, 0) is 103 Å². The van der Waals surface area contributed by atoms with Gasteiger partial charge >= 0.3 is 17.9 Å². The average Bonchev–Trinajstić information content (AvgIpc) is 0.707. The molecule has 4 saturated heterocycles. The number of aliphatic hydroxyl groups excluding tert-OH is 12. The fourth-order valence-electron chi connectivity index (χ4n) is 17.7. The van der Waals surface area contributed by atoms with Crippen LogP contribution < -0.4 is 0 Å². The van der Waals surface area contributed by atoms with Gasteiger partial charge in [0.1, 0.15) is 91.6 Å². The second kappa shape index (κ2) is 24.8. The number of ether oxygens (including phenoxy) is 10. The van der Waals surface area contributed by atoms with E-state index in [4.69, 9.17) is 47.4 Å². The lowest BCUT2D eigenvalue weighted by molar-refractivity contribution is -0.392. The van der Waals surface area contributed by atoms with Gasteiger partial charge in [0.25, 0.3) is 0 Å². The molecule has 26 nitrogen and oxygen atoms in total. The molecule has 10 rings (SSSR count). The molecule has 13 N–H and O–H groups in total. The van der Waals surface area contributed by atoms with Gasteiger partial charge in [-0.2, -0.15) is 0 Å². The number of carbonyl (C=O) groups excluding carboxylic acids is 2. The molecule has 4 saturated carbocycles. The van der Waals surface area contributed by atoms with Crippen LogP contribution in [0.25, 0.3) is 0 Å². The fourth-order valence-corrected chi connectivity index (χ4v) is 17.7. The molecular weight excluding hydrogens is 1160 g/mol. The number of carboxylic acids is 1. The number of esters is 2. The Morgan fingerprint density at radius 2 is 1.30 bits per heavy atom. The lowest BCUT2D eigenvalue weighted by Crippen LogP contribution is -2.73. The van der Waals surface area contributed by atoms with Crippen LogP contribution in [0.1, 0.15) is 118 Å². The predicted octanol–water partition coefficient (Wildman–Crippen LogP) is -0.455. The van der Waals surface area contributed by atoms with E-state index in [1.165, 1.54) is 13.8 Å². The fraction of sp³-hybridized carbons (Fsp3) is 0.823. The molecule has 0 aromatic heterocycles. The van der Waals surface area contributed by atoms with Crippen molar-refractivity contribution in [1.82, 2.24) is 0 Å². The standard InChI is InChI=1S/C62H92O26/c1-26-37(67)40(70)43(73)54(81-26)80-25-62-30(21-57(3,4)49(50(62)82-27(2)64)88-52(78)28-13-11-10-12-14-28)29-15-16-34-59(7)19-18-36(58(5,6)33(59)17-20-60(34,8)61(29,9)22-35(62)66)84-56-48(87-55-44(74)41(71)39(69)32(23-63)83-55)46(45(75)47(86-56)51(76)77)85-53-42(72)38(68)31(65)24-79-53/h10-15,26,30-50,53-56,63,65-75H,16-25H2,1-9H3,(H,76,77)/t26-,30-,31+,32+,33-,34+,35+,36-,37-,38-,39-,40+,41-,42+,43+,44+,45-,46-,47-,48+,49-,50-,53-,54+,55-,56+,59-,60+,61+,62-/m0/s1. The molecular formula is C62H92O26. The highest BCUT2D eigenvalue weighted by molar-refractivity contribution is 5.89.